The molecule has 2 nitrogen and oxygen atoms in total. The molecule has 2 aromatic carbocycles. The molecular weight excluding hydrogens is 286 g/mol. The van der Waals surface area contributed by atoms with Gasteiger partial charge in [-0.25, -0.2) is 8.78 Å². The Morgan fingerprint density at radius 2 is 1.59 bits per heavy atom. The minimum atomic E-state index is -0.278. The van der Waals surface area contributed by atoms with Crippen molar-refractivity contribution in [2.45, 2.75) is 12.2 Å². The van der Waals surface area contributed by atoms with Gasteiger partial charge < -0.3 is 9.47 Å². The monoisotopic (exact) mass is 300 g/mol. The van der Waals surface area contributed by atoms with Crippen molar-refractivity contribution in [2.24, 2.45) is 0 Å². The van der Waals surface area contributed by atoms with E-state index < -0.39 is 0 Å². The fourth-order valence-electron chi connectivity index (χ4n) is 2.11. The number of epoxide rings is 1. The Morgan fingerprint density at radius 1 is 0.955 bits per heavy atom. The molecule has 22 heavy (non-hydrogen) atoms. The summed E-state index contributed by atoms with van der Waals surface area (Å²) >= 11 is 0. The van der Waals surface area contributed by atoms with Crippen LogP contribution in [0.2, 0.25) is 0 Å². The Hall–Kier alpha value is -2.22. The molecule has 0 amide bonds. The molecule has 0 spiro atoms. The predicted octanol–water partition coefficient (Wildman–Crippen LogP) is 3.47. The Balaban J connectivity index is 1.40. The number of hydrogen-bond acceptors (Lipinski definition) is 2. The highest BCUT2D eigenvalue weighted by Crippen LogP contribution is 2.38. The quantitative estimate of drug-likeness (QED) is 0.490. The van der Waals surface area contributed by atoms with Crippen LogP contribution in [0.15, 0.2) is 48.5 Å². The summed E-state index contributed by atoms with van der Waals surface area (Å²) in [6.45, 7) is 0.730. The van der Waals surface area contributed by atoms with Gasteiger partial charge in [-0.05, 0) is 42.0 Å². The standard InChI is InChI=1S/C18H14F2O2/c19-15-7-3-13(4-8-15)2-1-11-21-12-17-18(22-17)14-5-9-16(20)10-6-14/h3-10,17-18H,11-12H2. The van der Waals surface area contributed by atoms with Gasteiger partial charge in [-0.1, -0.05) is 24.0 Å². The van der Waals surface area contributed by atoms with E-state index in [1.807, 2.05) is 0 Å². The van der Waals surface area contributed by atoms with E-state index in [1.54, 1.807) is 24.3 Å². The van der Waals surface area contributed by atoms with Crippen LogP contribution in [-0.2, 0) is 9.47 Å². The first-order chi connectivity index (χ1) is 10.7. The van der Waals surface area contributed by atoms with E-state index in [0.717, 1.165) is 11.1 Å². The van der Waals surface area contributed by atoms with Gasteiger partial charge in [0.25, 0.3) is 0 Å². The average molecular weight is 300 g/mol. The van der Waals surface area contributed by atoms with Gasteiger partial charge in [0.2, 0.25) is 0 Å². The molecule has 0 bridgehead atoms. The number of rotatable bonds is 4. The number of hydrogen-bond donors (Lipinski definition) is 0. The zero-order chi connectivity index (χ0) is 15.4. The van der Waals surface area contributed by atoms with E-state index in [1.165, 1.54) is 24.3 Å². The highest BCUT2D eigenvalue weighted by atomic mass is 19.1. The van der Waals surface area contributed by atoms with Crippen molar-refractivity contribution in [1.82, 2.24) is 0 Å². The van der Waals surface area contributed by atoms with E-state index in [9.17, 15) is 8.78 Å². The molecule has 1 fully saturated rings. The van der Waals surface area contributed by atoms with Crippen LogP contribution < -0.4 is 0 Å². The van der Waals surface area contributed by atoms with Crippen LogP contribution in [0.4, 0.5) is 8.78 Å². The van der Waals surface area contributed by atoms with E-state index in [4.69, 9.17) is 9.47 Å². The van der Waals surface area contributed by atoms with Crippen molar-refractivity contribution in [3.63, 3.8) is 0 Å². The second kappa shape index (κ2) is 6.69. The summed E-state index contributed by atoms with van der Waals surface area (Å²) in [4.78, 5) is 0. The summed E-state index contributed by atoms with van der Waals surface area (Å²) < 4.78 is 36.4. The zero-order valence-electron chi connectivity index (χ0n) is 11.8. The third kappa shape index (κ3) is 3.91. The van der Waals surface area contributed by atoms with Crippen molar-refractivity contribution in [3.8, 4) is 11.8 Å². The zero-order valence-corrected chi connectivity index (χ0v) is 11.8. The Bertz CT molecular complexity index is 684. The summed E-state index contributed by atoms with van der Waals surface area (Å²) in [7, 11) is 0. The first kappa shape index (κ1) is 14.7. The third-order valence-electron chi connectivity index (χ3n) is 3.31. The van der Waals surface area contributed by atoms with Gasteiger partial charge in [-0.15, -0.1) is 0 Å². The summed E-state index contributed by atoms with van der Waals surface area (Å²) in [5, 5.41) is 0. The molecule has 0 saturated carbocycles. The lowest BCUT2D eigenvalue weighted by atomic mass is 10.1. The molecule has 2 unspecified atom stereocenters. The maximum atomic E-state index is 12.8. The molecule has 0 N–H and O–H groups in total. The van der Waals surface area contributed by atoms with Gasteiger partial charge in [-0.2, -0.15) is 0 Å². The van der Waals surface area contributed by atoms with Crippen molar-refractivity contribution >= 4 is 0 Å². The van der Waals surface area contributed by atoms with Gasteiger partial charge in [0.1, 0.15) is 30.4 Å². The molecule has 3 rings (SSSR count). The lowest BCUT2D eigenvalue weighted by molar-refractivity contribution is 0.145. The smallest absolute Gasteiger partial charge is 0.123 e. The molecule has 0 aromatic heterocycles. The third-order valence-corrected chi connectivity index (χ3v) is 3.31. The van der Waals surface area contributed by atoms with Crippen LogP contribution in [-0.4, -0.2) is 19.3 Å². The van der Waals surface area contributed by atoms with Gasteiger partial charge in [0.15, 0.2) is 0 Å². The SMILES string of the molecule is Fc1ccc(C#CCOCC2OC2c2ccc(F)cc2)cc1. The Kier molecular flexibility index (Phi) is 4.47. The summed E-state index contributed by atoms with van der Waals surface area (Å²) in [6, 6.07) is 12.3. The maximum Gasteiger partial charge on any atom is 0.123 e. The number of benzene rings is 2. The summed E-state index contributed by atoms with van der Waals surface area (Å²) in [5.74, 6) is 5.22. The van der Waals surface area contributed by atoms with Crippen LogP contribution in [0.5, 0.6) is 0 Å². The van der Waals surface area contributed by atoms with E-state index in [-0.39, 0.29) is 30.4 Å². The second-order valence-corrected chi connectivity index (χ2v) is 4.97. The molecule has 4 heteroatoms. The summed E-state index contributed by atoms with van der Waals surface area (Å²) in [5.41, 5.74) is 1.70. The van der Waals surface area contributed by atoms with Gasteiger partial charge in [0.05, 0.1) is 6.61 Å². The highest BCUT2D eigenvalue weighted by molar-refractivity contribution is 5.34. The van der Waals surface area contributed by atoms with E-state index in [2.05, 4.69) is 11.8 Å². The Morgan fingerprint density at radius 3 is 2.27 bits per heavy atom. The molecule has 0 radical (unpaired) electrons. The van der Waals surface area contributed by atoms with Gasteiger partial charge in [-0.3, -0.25) is 0 Å². The van der Waals surface area contributed by atoms with Crippen LogP contribution in [0.1, 0.15) is 17.2 Å². The number of halogens is 2. The van der Waals surface area contributed by atoms with Crippen molar-refractivity contribution in [2.75, 3.05) is 13.2 Å². The predicted molar refractivity (Wildman–Crippen MR) is 78.1 cm³/mol. The molecule has 1 aliphatic heterocycles. The minimum absolute atomic E-state index is 0.00178. The molecule has 2 atom stereocenters. The van der Waals surface area contributed by atoms with E-state index >= 15 is 0 Å². The molecule has 1 aliphatic rings. The highest BCUT2D eigenvalue weighted by Gasteiger charge is 2.40. The maximum absolute atomic E-state index is 12.8. The topological polar surface area (TPSA) is 21.8 Å². The van der Waals surface area contributed by atoms with Crippen LogP contribution in [0.25, 0.3) is 0 Å². The van der Waals surface area contributed by atoms with Gasteiger partial charge in [0, 0.05) is 5.56 Å². The van der Waals surface area contributed by atoms with Crippen LogP contribution >= 0.6 is 0 Å². The van der Waals surface area contributed by atoms with Gasteiger partial charge >= 0.3 is 0 Å². The van der Waals surface area contributed by atoms with E-state index in [0.29, 0.717) is 6.61 Å². The van der Waals surface area contributed by atoms with Crippen molar-refractivity contribution in [3.05, 3.63) is 71.3 Å². The van der Waals surface area contributed by atoms with Crippen molar-refractivity contribution in [1.29, 1.82) is 0 Å². The fourth-order valence-corrected chi connectivity index (χ4v) is 2.11. The first-order valence-corrected chi connectivity index (χ1v) is 6.95. The summed E-state index contributed by atoms with van der Waals surface area (Å²) in [6.07, 6.45) is -0.0243. The van der Waals surface area contributed by atoms with Crippen LogP contribution in [0.3, 0.4) is 0 Å². The fraction of sp³-hybridized carbons (Fsp3) is 0.222. The minimum Gasteiger partial charge on any atom is -0.366 e. The second-order valence-electron chi connectivity index (χ2n) is 4.97. The average Bonchev–Trinajstić information content (AvgIpc) is 3.29. The van der Waals surface area contributed by atoms with Crippen molar-refractivity contribution < 1.29 is 18.3 Å². The Labute approximate surface area is 127 Å². The molecule has 1 heterocycles. The number of ether oxygens (including phenoxy) is 2. The van der Waals surface area contributed by atoms with Crippen LogP contribution in [0, 0.1) is 23.5 Å². The molecule has 112 valence electrons. The normalized spacial score (nSPS) is 19.4. The molecular formula is C18H14F2O2. The molecule has 2 aromatic rings. The molecule has 0 aliphatic carbocycles. The lowest BCUT2D eigenvalue weighted by Gasteiger charge is -1.97. The lowest BCUT2D eigenvalue weighted by Crippen LogP contribution is -2.02. The first-order valence-electron chi connectivity index (χ1n) is 6.95. The largest absolute Gasteiger partial charge is 0.366 e. The molecule has 1 saturated heterocycles.